The highest BCUT2D eigenvalue weighted by Gasteiger charge is 2.16. The van der Waals surface area contributed by atoms with E-state index in [-0.39, 0.29) is 12.5 Å². The highest BCUT2D eigenvalue weighted by atomic mass is 16.6. The molecule has 0 atom stereocenters. The van der Waals surface area contributed by atoms with Crippen LogP contribution < -0.4 is 9.47 Å². The van der Waals surface area contributed by atoms with Gasteiger partial charge in [-0.3, -0.25) is 0 Å². The number of hydrogen-bond donors (Lipinski definition) is 0. The second-order valence-corrected chi connectivity index (χ2v) is 5.25. The predicted octanol–water partition coefficient (Wildman–Crippen LogP) is 3.50. The second kappa shape index (κ2) is 8.15. The summed E-state index contributed by atoms with van der Waals surface area (Å²) in [7, 11) is 1.60. The molecule has 7 nitrogen and oxygen atoms in total. The molecule has 0 aliphatic carbocycles. The van der Waals surface area contributed by atoms with Gasteiger partial charge in [0.2, 0.25) is 5.82 Å². The summed E-state index contributed by atoms with van der Waals surface area (Å²) in [5.41, 5.74) is 1.12. The van der Waals surface area contributed by atoms with E-state index < -0.39 is 5.97 Å². The summed E-state index contributed by atoms with van der Waals surface area (Å²) in [5, 5.41) is 3.90. The lowest BCUT2D eigenvalue weighted by Gasteiger charge is -2.08. The van der Waals surface area contributed by atoms with E-state index in [1.807, 2.05) is 19.1 Å². The number of hydrogen-bond acceptors (Lipinski definition) is 7. The van der Waals surface area contributed by atoms with Gasteiger partial charge < -0.3 is 18.7 Å². The van der Waals surface area contributed by atoms with E-state index in [0.717, 1.165) is 11.3 Å². The zero-order valence-electron chi connectivity index (χ0n) is 14.5. The van der Waals surface area contributed by atoms with Crippen LogP contribution in [0.3, 0.4) is 0 Å². The third-order valence-corrected chi connectivity index (χ3v) is 3.55. The fraction of sp³-hybridized carbons (Fsp3) is 0.211. The van der Waals surface area contributed by atoms with Crippen LogP contribution in [0.4, 0.5) is 0 Å². The molecule has 0 unspecified atom stereocenters. The van der Waals surface area contributed by atoms with Crippen molar-refractivity contribution >= 4 is 5.97 Å². The monoisotopic (exact) mass is 354 g/mol. The van der Waals surface area contributed by atoms with Gasteiger partial charge >= 0.3 is 5.97 Å². The molecule has 0 N–H and O–H groups in total. The lowest BCUT2D eigenvalue weighted by Crippen LogP contribution is -2.08. The highest BCUT2D eigenvalue weighted by Crippen LogP contribution is 2.21. The highest BCUT2D eigenvalue weighted by molar-refractivity contribution is 5.92. The number of ether oxygens (including phenoxy) is 3. The lowest BCUT2D eigenvalue weighted by molar-refractivity contribution is 0.0425. The third-order valence-electron chi connectivity index (χ3n) is 3.55. The Morgan fingerprint density at radius 1 is 1.12 bits per heavy atom. The molecule has 3 rings (SSSR count). The fourth-order valence-electron chi connectivity index (χ4n) is 2.29. The number of aromatic nitrogens is 2. The van der Waals surface area contributed by atoms with Gasteiger partial charge in [-0.1, -0.05) is 17.3 Å². The van der Waals surface area contributed by atoms with Crippen LogP contribution in [0.5, 0.6) is 11.5 Å². The minimum Gasteiger partial charge on any atom is -0.497 e. The van der Waals surface area contributed by atoms with Gasteiger partial charge in [0.15, 0.2) is 6.61 Å². The van der Waals surface area contributed by atoms with Crippen LogP contribution in [0.25, 0.3) is 11.4 Å². The molecule has 26 heavy (non-hydrogen) atoms. The van der Waals surface area contributed by atoms with Crippen molar-refractivity contribution in [2.45, 2.75) is 13.5 Å². The Balaban J connectivity index is 1.65. The van der Waals surface area contributed by atoms with E-state index in [0.29, 0.717) is 23.7 Å². The maximum absolute atomic E-state index is 12.3. The van der Waals surface area contributed by atoms with Crippen LogP contribution in [-0.2, 0) is 11.3 Å². The molecule has 0 saturated heterocycles. The minimum atomic E-state index is -0.516. The molecule has 3 aromatic rings. The van der Waals surface area contributed by atoms with Gasteiger partial charge in [-0.25, -0.2) is 4.79 Å². The Morgan fingerprint density at radius 2 is 1.88 bits per heavy atom. The van der Waals surface area contributed by atoms with Crippen molar-refractivity contribution in [3.63, 3.8) is 0 Å². The van der Waals surface area contributed by atoms with Crippen LogP contribution in [0, 0.1) is 0 Å². The number of rotatable bonds is 7. The number of nitrogens with zero attached hydrogens (tertiary/aromatic N) is 2. The molecule has 134 valence electrons. The standard InChI is InChI=1S/C19H18N2O5/c1-3-24-16-7-5-4-6-15(16)19(22)25-12-17-20-18(21-26-17)13-8-10-14(23-2)11-9-13/h4-11H,3,12H2,1-2H3. The quantitative estimate of drug-likeness (QED) is 0.600. The largest absolute Gasteiger partial charge is 0.497 e. The molecule has 0 spiro atoms. The minimum absolute atomic E-state index is 0.123. The van der Waals surface area contributed by atoms with Crippen LogP contribution >= 0.6 is 0 Å². The van der Waals surface area contributed by atoms with Crippen molar-refractivity contribution in [3.8, 4) is 22.9 Å². The molecular weight excluding hydrogens is 336 g/mol. The van der Waals surface area contributed by atoms with E-state index >= 15 is 0 Å². The van der Waals surface area contributed by atoms with Crippen LogP contribution in [0.15, 0.2) is 53.1 Å². The second-order valence-electron chi connectivity index (χ2n) is 5.25. The Hall–Kier alpha value is -3.35. The predicted molar refractivity (Wildman–Crippen MR) is 93.0 cm³/mol. The topological polar surface area (TPSA) is 83.7 Å². The van der Waals surface area contributed by atoms with E-state index in [1.54, 1.807) is 43.5 Å². The summed E-state index contributed by atoms with van der Waals surface area (Å²) >= 11 is 0. The zero-order valence-corrected chi connectivity index (χ0v) is 14.5. The molecule has 0 aliphatic rings. The molecule has 2 aromatic carbocycles. The van der Waals surface area contributed by atoms with Crippen molar-refractivity contribution in [2.75, 3.05) is 13.7 Å². The Morgan fingerprint density at radius 3 is 2.62 bits per heavy atom. The molecule has 1 heterocycles. The number of benzene rings is 2. The van der Waals surface area contributed by atoms with Gasteiger partial charge in [-0.2, -0.15) is 4.98 Å². The van der Waals surface area contributed by atoms with Crippen molar-refractivity contribution in [2.24, 2.45) is 0 Å². The van der Waals surface area contributed by atoms with E-state index in [1.165, 1.54) is 0 Å². The van der Waals surface area contributed by atoms with Crippen LogP contribution in [0.1, 0.15) is 23.2 Å². The average Bonchev–Trinajstić information content (AvgIpc) is 3.16. The van der Waals surface area contributed by atoms with Gasteiger partial charge in [-0.15, -0.1) is 0 Å². The number of carbonyl (C=O) groups excluding carboxylic acids is 1. The van der Waals surface area contributed by atoms with Gasteiger partial charge in [0, 0.05) is 5.56 Å². The molecule has 0 bridgehead atoms. The molecule has 1 aromatic heterocycles. The fourth-order valence-corrected chi connectivity index (χ4v) is 2.29. The SMILES string of the molecule is CCOc1ccccc1C(=O)OCc1nc(-c2ccc(OC)cc2)no1. The van der Waals surface area contributed by atoms with Crippen molar-refractivity contribution in [3.05, 3.63) is 60.0 Å². The normalized spacial score (nSPS) is 10.4. The van der Waals surface area contributed by atoms with Crippen molar-refractivity contribution in [1.82, 2.24) is 10.1 Å². The van der Waals surface area contributed by atoms with Gasteiger partial charge in [0.1, 0.15) is 17.1 Å². The summed E-state index contributed by atoms with van der Waals surface area (Å²) in [6.45, 7) is 2.18. The summed E-state index contributed by atoms with van der Waals surface area (Å²) < 4.78 is 20.9. The maximum Gasteiger partial charge on any atom is 0.342 e. The van der Waals surface area contributed by atoms with Gasteiger partial charge in [0.25, 0.3) is 5.89 Å². The summed E-state index contributed by atoms with van der Waals surface area (Å²) in [6, 6.07) is 14.1. The van der Waals surface area contributed by atoms with Crippen LogP contribution in [-0.4, -0.2) is 29.8 Å². The first-order chi connectivity index (χ1) is 12.7. The van der Waals surface area contributed by atoms with E-state index in [4.69, 9.17) is 18.7 Å². The molecule has 0 saturated carbocycles. The van der Waals surface area contributed by atoms with Crippen molar-refractivity contribution in [1.29, 1.82) is 0 Å². The zero-order chi connectivity index (χ0) is 18.4. The van der Waals surface area contributed by atoms with Crippen LogP contribution in [0.2, 0.25) is 0 Å². The lowest BCUT2D eigenvalue weighted by atomic mass is 10.2. The van der Waals surface area contributed by atoms with E-state index in [9.17, 15) is 4.79 Å². The Bertz CT molecular complexity index is 874. The number of methoxy groups -OCH3 is 1. The van der Waals surface area contributed by atoms with Crippen molar-refractivity contribution < 1.29 is 23.5 Å². The molecule has 0 radical (unpaired) electrons. The molecule has 0 aliphatic heterocycles. The molecular formula is C19H18N2O5. The summed E-state index contributed by atoms with van der Waals surface area (Å²) in [4.78, 5) is 16.5. The smallest absolute Gasteiger partial charge is 0.342 e. The molecule has 0 amide bonds. The van der Waals surface area contributed by atoms with Gasteiger partial charge in [-0.05, 0) is 43.3 Å². The molecule has 7 heteroatoms. The number of para-hydroxylation sites is 1. The third kappa shape index (κ3) is 4.00. The molecule has 0 fully saturated rings. The maximum atomic E-state index is 12.3. The average molecular weight is 354 g/mol. The Kier molecular flexibility index (Phi) is 5.48. The Labute approximate surface area is 150 Å². The first-order valence-corrected chi connectivity index (χ1v) is 8.07. The number of esters is 1. The first kappa shape index (κ1) is 17.5. The first-order valence-electron chi connectivity index (χ1n) is 8.07. The van der Waals surface area contributed by atoms with E-state index in [2.05, 4.69) is 10.1 Å². The van der Waals surface area contributed by atoms with Gasteiger partial charge in [0.05, 0.1) is 13.7 Å². The summed E-state index contributed by atoms with van der Waals surface area (Å²) in [6.07, 6.45) is 0. The summed E-state index contributed by atoms with van der Waals surface area (Å²) in [5.74, 6) is 1.31. The number of carbonyl (C=O) groups is 1.